The highest BCUT2D eigenvalue weighted by atomic mass is 16.7. The zero-order valence-electron chi connectivity index (χ0n) is 17.0. The molecule has 0 aromatic heterocycles. The van der Waals surface area contributed by atoms with Gasteiger partial charge in [-0.15, -0.1) is 0 Å². The van der Waals surface area contributed by atoms with E-state index in [9.17, 15) is 9.59 Å². The lowest BCUT2D eigenvalue weighted by atomic mass is 10.0. The molecule has 8 heteroatoms. The minimum Gasteiger partial charge on any atom is -0.454 e. The van der Waals surface area contributed by atoms with Gasteiger partial charge in [0.15, 0.2) is 11.5 Å². The van der Waals surface area contributed by atoms with Crippen LogP contribution >= 0.6 is 0 Å². The van der Waals surface area contributed by atoms with Crippen LogP contribution in [0.4, 0.5) is 0 Å². The van der Waals surface area contributed by atoms with E-state index in [-0.39, 0.29) is 18.9 Å². The molecule has 2 fully saturated rings. The average molecular weight is 402 g/mol. The van der Waals surface area contributed by atoms with E-state index < -0.39 is 11.8 Å². The van der Waals surface area contributed by atoms with Gasteiger partial charge >= 0.3 is 11.8 Å². The molecule has 2 amide bonds. The van der Waals surface area contributed by atoms with Crippen LogP contribution in [-0.4, -0.2) is 74.2 Å². The molecule has 1 aromatic carbocycles. The number of amides is 2. The summed E-state index contributed by atoms with van der Waals surface area (Å²) < 4.78 is 11.0. The third-order valence-electron chi connectivity index (χ3n) is 6.11. The van der Waals surface area contributed by atoms with E-state index in [0.717, 1.165) is 68.9 Å². The Morgan fingerprint density at radius 1 is 1.07 bits per heavy atom. The van der Waals surface area contributed by atoms with Gasteiger partial charge in [-0.25, -0.2) is 0 Å². The SMILES string of the molecule is CN1CCN([C@H](CNC(=O)C(=O)NC2CCCC2)c2ccc3c(c2)OCO3)CC1. The average Bonchev–Trinajstić information content (AvgIpc) is 3.40. The van der Waals surface area contributed by atoms with E-state index in [1.807, 2.05) is 18.2 Å². The number of nitrogens with one attached hydrogen (secondary N) is 2. The van der Waals surface area contributed by atoms with Gasteiger partial charge in [-0.1, -0.05) is 18.9 Å². The molecule has 8 nitrogen and oxygen atoms in total. The van der Waals surface area contributed by atoms with Crippen LogP contribution in [0.25, 0.3) is 0 Å². The first-order valence-electron chi connectivity index (χ1n) is 10.5. The third-order valence-corrected chi connectivity index (χ3v) is 6.11. The van der Waals surface area contributed by atoms with Gasteiger partial charge in [-0.3, -0.25) is 14.5 Å². The van der Waals surface area contributed by atoms with Crippen molar-refractivity contribution in [3.8, 4) is 11.5 Å². The minimum atomic E-state index is -0.559. The molecular formula is C21H30N4O4. The maximum Gasteiger partial charge on any atom is 0.309 e. The van der Waals surface area contributed by atoms with Crippen LogP contribution in [0.2, 0.25) is 0 Å². The quantitative estimate of drug-likeness (QED) is 0.712. The fourth-order valence-electron chi connectivity index (χ4n) is 4.30. The van der Waals surface area contributed by atoms with E-state index in [4.69, 9.17) is 9.47 Å². The molecule has 1 saturated carbocycles. The standard InChI is InChI=1S/C21H30N4O4/c1-24-8-10-25(11-9-24)17(15-6-7-18-19(12-15)29-14-28-18)13-22-20(26)21(27)23-16-4-2-3-5-16/h6-7,12,16-17H,2-5,8-11,13-14H2,1H3,(H,22,26)(H,23,27)/t17-/m1/s1. The highest BCUT2D eigenvalue weighted by molar-refractivity contribution is 6.35. The Hall–Kier alpha value is -2.32. The molecule has 2 heterocycles. The molecule has 2 aliphatic heterocycles. The van der Waals surface area contributed by atoms with E-state index in [1.165, 1.54) is 0 Å². The third kappa shape index (κ3) is 4.82. The van der Waals surface area contributed by atoms with Gasteiger partial charge in [-0.2, -0.15) is 0 Å². The number of benzene rings is 1. The topological polar surface area (TPSA) is 83.1 Å². The first-order chi connectivity index (χ1) is 14.1. The van der Waals surface area contributed by atoms with E-state index in [0.29, 0.717) is 6.54 Å². The molecule has 0 spiro atoms. The maximum absolute atomic E-state index is 12.4. The number of hydrogen-bond acceptors (Lipinski definition) is 6. The summed E-state index contributed by atoms with van der Waals surface area (Å²) in [5.41, 5.74) is 1.05. The Morgan fingerprint density at radius 3 is 2.55 bits per heavy atom. The van der Waals surface area contributed by atoms with Crippen LogP contribution < -0.4 is 20.1 Å². The summed E-state index contributed by atoms with van der Waals surface area (Å²) in [7, 11) is 2.11. The molecule has 1 saturated heterocycles. The van der Waals surface area contributed by atoms with Gasteiger partial charge in [0.2, 0.25) is 6.79 Å². The molecule has 158 valence electrons. The lowest BCUT2D eigenvalue weighted by molar-refractivity contribution is -0.139. The van der Waals surface area contributed by atoms with Crippen LogP contribution in [0.5, 0.6) is 11.5 Å². The summed E-state index contributed by atoms with van der Waals surface area (Å²) in [4.78, 5) is 29.3. The number of piperazine rings is 1. The van der Waals surface area contributed by atoms with Crippen molar-refractivity contribution in [2.24, 2.45) is 0 Å². The monoisotopic (exact) mass is 402 g/mol. The second-order valence-corrected chi connectivity index (χ2v) is 8.13. The number of carbonyl (C=O) groups is 2. The summed E-state index contributed by atoms with van der Waals surface area (Å²) in [6.07, 6.45) is 4.14. The number of fused-ring (bicyclic) bond motifs is 1. The molecule has 1 aliphatic carbocycles. The van der Waals surface area contributed by atoms with Crippen LogP contribution in [-0.2, 0) is 9.59 Å². The zero-order chi connectivity index (χ0) is 20.2. The van der Waals surface area contributed by atoms with Gasteiger partial charge in [-0.05, 0) is 37.6 Å². The van der Waals surface area contributed by atoms with E-state index >= 15 is 0 Å². The second-order valence-electron chi connectivity index (χ2n) is 8.13. The first-order valence-corrected chi connectivity index (χ1v) is 10.5. The Balaban J connectivity index is 1.42. The Labute approximate surface area is 171 Å². The van der Waals surface area contributed by atoms with Crippen molar-refractivity contribution in [3.05, 3.63) is 23.8 Å². The number of rotatable bonds is 5. The molecule has 3 aliphatic rings. The molecule has 0 bridgehead atoms. The molecule has 1 atom stereocenters. The van der Waals surface area contributed by atoms with Crippen LogP contribution in [0.3, 0.4) is 0 Å². The van der Waals surface area contributed by atoms with Crippen LogP contribution in [0.1, 0.15) is 37.3 Å². The molecule has 2 N–H and O–H groups in total. The van der Waals surface area contributed by atoms with Crippen LogP contribution in [0.15, 0.2) is 18.2 Å². The first kappa shape index (κ1) is 20.0. The molecule has 0 radical (unpaired) electrons. The molecule has 1 aromatic rings. The number of carbonyl (C=O) groups excluding carboxylic acids is 2. The van der Waals surface area contributed by atoms with Crippen molar-refractivity contribution in [2.45, 2.75) is 37.8 Å². The van der Waals surface area contributed by atoms with Gasteiger partial charge in [0.1, 0.15) is 0 Å². The molecular weight excluding hydrogens is 372 g/mol. The number of ether oxygens (including phenoxy) is 2. The van der Waals surface area contributed by atoms with Crippen molar-refractivity contribution in [2.75, 3.05) is 46.6 Å². The maximum atomic E-state index is 12.4. The lowest BCUT2D eigenvalue weighted by Gasteiger charge is -2.38. The van der Waals surface area contributed by atoms with Gasteiger partial charge < -0.3 is 25.0 Å². The molecule has 29 heavy (non-hydrogen) atoms. The summed E-state index contributed by atoms with van der Waals surface area (Å²) >= 11 is 0. The van der Waals surface area contributed by atoms with Crippen molar-refractivity contribution in [3.63, 3.8) is 0 Å². The highest BCUT2D eigenvalue weighted by Crippen LogP contribution is 2.35. The van der Waals surface area contributed by atoms with Crippen molar-refractivity contribution in [1.29, 1.82) is 0 Å². The van der Waals surface area contributed by atoms with Gasteiger partial charge in [0, 0.05) is 38.8 Å². The minimum absolute atomic E-state index is 0.0265. The fraction of sp³-hybridized carbons (Fsp3) is 0.619. The zero-order valence-corrected chi connectivity index (χ0v) is 17.0. The second kappa shape index (κ2) is 9.00. The Morgan fingerprint density at radius 2 is 1.79 bits per heavy atom. The van der Waals surface area contributed by atoms with Crippen molar-refractivity contribution >= 4 is 11.8 Å². The van der Waals surface area contributed by atoms with E-state index in [1.54, 1.807) is 0 Å². The summed E-state index contributed by atoms with van der Waals surface area (Å²) in [6, 6.07) is 6.02. The number of nitrogens with zero attached hydrogens (tertiary/aromatic N) is 2. The predicted molar refractivity (Wildman–Crippen MR) is 108 cm³/mol. The summed E-state index contributed by atoms with van der Waals surface area (Å²) in [6.45, 7) is 4.35. The van der Waals surface area contributed by atoms with Crippen LogP contribution in [0, 0.1) is 0 Å². The predicted octanol–water partition coefficient (Wildman–Crippen LogP) is 0.879. The summed E-state index contributed by atoms with van der Waals surface area (Å²) in [5.74, 6) is 0.384. The smallest absolute Gasteiger partial charge is 0.309 e. The molecule has 0 unspecified atom stereocenters. The summed E-state index contributed by atoms with van der Waals surface area (Å²) in [5, 5.41) is 5.71. The highest BCUT2D eigenvalue weighted by Gasteiger charge is 2.28. The van der Waals surface area contributed by atoms with Gasteiger partial charge in [0.25, 0.3) is 0 Å². The Bertz CT molecular complexity index is 742. The number of hydrogen-bond donors (Lipinski definition) is 2. The lowest BCUT2D eigenvalue weighted by Crippen LogP contribution is -2.50. The molecule has 4 rings (SSSR count). The van der Waals surface area contributed by atoms with Gasteiger partial charge in [0.05, 0.1) is 6.04 Å². The Kier molecular flexibility index (Phi) is 6.20. The van der Waals surface area contributed by atoms with E-state index in [2.05, 4.69) is 27.5 Å². The van der Waals surface area contributed by atoms with Crippen molar-refractivity contribution < 1.29 is 19.1 Å². The number of likely N-dealkylation sites (N-methyl/N-ethyl adjacent to an activating group) is 1. The van der Waals surface area contributed by atoms with Crippen molar-refractivity contribution in [1.82, 2.24) is 20.4 Å². The largest absolute Gasteiger partial charge is 0.454 e. The normalized spacial score (nSPS) is 21.1. The fourth-order valence-corrected chi connectivity index (χ4v) is 4.30.